The fourth-order valence-electron chi connectivity index (χ4n) is 1.25. The minimum Gasteiger partial charge on any atom is -0.506 e. The first-order valence-electron chi connectivity index (χ1n) is 4.70. The summed E-state index contributed by atoms with van der Waals surface area (Å²) < 4.78 is 4.94. The van der Waals surface area contributed by atoms with Crippen LogP contribution in [0.5, 0.6) is 5.75 Å². The Kier molecular flexibility index (Phi) is 2.99. The molecule has 2 rings (SSSR count). The molecule has 0 saturated carbocycles. The van der Waals surface area contributed by atoms with Crippen molar-refractivity contribution >= 4 is 0 Å². The zero-order chi connectivity index (χ0) is 10.5. The Morgan fingerprint density at radius 2 is 2.20 bits per heavy atom. The van der Waals surface area contributed by atoms with Gasteiger partial charge in [-0.05, 0) is 18.2 Å². The molecule has 2 heterocycles. The lowest BCUT2D eigenvalue weighted by Crippen LogP contribution is -2.12. The second-order valence-electron chi connectivity index (χ2n) is 3.24. The normalized spacial score (nSPS) is 10.4. The van der Waals surface area contributed by atoms with E-state index in [0.29, 0.717) is 6.54 Å². The maximum atomic E-state index is 9.04. The van der Waals surface area contributed by atoms with E-state index in [1.54, 1.807) is 24.7 Å². The van der Waals surface area contributed by atoms with Crippen LogP contribution in [0.3, 0.4) is 0 Å². The molecule has 0 aromatic carbocycles. The first-order valence-corrected chi connectivity index (χ1v) is 4.70. The minimum atomic E-state index is 0.189. The lowest BCUT2D eigenvalue weighted by atomic mass is 10.3. The fourth-order valence-corrected chi connectivity index (χ4v) is 1.25. The van der Waals surface area contributed by atoms with E-state index in [0.717, 1.165) is 17.8 Å². The van der Waals surface area contributed by atoms with Crippen LogP contribution in [-0.4, -0.2) is 10.1 Å². The van der Waals surface area contributed by atoms with Crippen LogP contribution in [0.15, 0.2) is 41.3 Å². The van der Waals surface area contributed by atoms with Crippen molar-refractivity contribution in [1.29, 1.82) is 0 Å². The zero-order valence-corrected chi connectivity index (χ0v) is 8.18. The Balaban J connectivity index is 1.81. The van der Waals surface area contributed by atoms with Gasteiger partial charge in [-0.25, -0.2) is 0 Å². The Hall–Kier alpha value is -1.81. The van der Waals surface area contributed by atoms with Crippen molar-refractivity contribution < 1.29 is 9.52 Å². The predicted molar refractivity (Wildman–Crippen MR) is 55.2 cm³/mol. The molecule has 0 fully saturated rings. The molecular formula is C11H12N2O2. The Morgan fingerprint density at radius 1 is 1.27 bits per heavy atom. The quantitative estimate of drug-likeness (QED) is 0.795. The van der Waals surface area contributed by atoms with Crippen LogP contribution in [0.4, 0.5) is 0 Å². The molecule has 2 N–H and O–H groups in total. The predicted octanol–water partition coefficient (Wildman–Crippen LogP) is 1.67. The van der Waals surface area contributed by atoms with Crippen molar-refractivity contribution in [2.24, 2.45) is 0 Å². The molecule has 0 aliphatic carbocycles. The highest BCUT2D eigenvalue weighted by molar-refractivity contribution is 5.17. The first-order chi connectivity index (χ1) is 7.34. The number of nitrogens with zero attached hydrogens (tertiary/aromatic N) is 1. The number of aromatic hydroxyl groups is 1. The van der Waals surface area contributed by atoms with Crippen molar-refractivity contribution in [3.05, 3.63) is 48.2 Å². The van der Waals surface area contributed by atoms with Gasteiger partial charge in [0.15, 0.2) is 0 Å². The zero-order valence-electron chi connectivity index (χ0n) is 8.18. The summed E-state index contributed by atoms with van der Waals surface area (Å²) in [7, 11) is 0. The van der Waals surface area contributed by atoms with Gasteiger partial charge in [0.25, 0.3) is 0 Å². The fraction of sp³-hybridized carbons (Fsp3) is 0.182. The number of aromatic nitrogens is 1. The number of rotatable bonds is 4. The summed E-state index contributed by atoms with van der Waals surface area (Å²) >= 11 is 0. The van der Waals surface area contributed by atoms with E-state index in [-0.39, 0.29) is 5.75 Å². The topological polar surface area (TPSA) is 58.3 Å². The molecule has 0 spiro atoms. The molecule has 78 valence electrons. The highest BCUT2D eigenvalue weighted by Gasteiger charge is 1.96. The largest absolute Gasteiger partial charge is 0.506 e. The van der Waals surface area contributed by atoms with E-state index in [1.165, 1.54) is 6.20 Å². The summed E-state index contributed by atoms with van der Waals surface area (Å²) in [5, 5.41) is 12.3. The number of hydrogen-bond donors (Lipinski definition) is 2. The molecule has 0 saturated heterocycles. The average molecular weight is 204 g/mol. The monoisotopic (exact) mass is 204 g/mol. The summed E-state index contributed by atoms with van der Waals surface area (Å²) in [5.74, 6) is 0.189. The molecule has 0 aliphatic rings. The van der Waals surface area contributed by atoms with Gasteiger partial charge in [0.1, 0.15) is 5.75 Å². The number of nitrogens with one attached hydrogen (secondary N) is 1. The van der Waals surface area contributed by atoms with Gasteiger partial charge < -0.3 is 14.8 Å². The van der Waals surface area contributed by atoms with Crippen LogP contribution in [0.25, 0.3) is 0 Å². The highest BCUT2D eigenvalue weighted by atomic mass is 16.3. The van der Waals surface area contributed by atoms with Gasteiger partial charge in [0.05, 0.1) is 24.4 Å². The summed E-state index contributed by atoms with van der Waals surface area (Å²) in [4.78, 5) is 4.06. The highest BCUT2D eigenvalue weighted by Crippen LogP contribution is 2.06. The van der Waals surface area contributed by atoms with E-state index in [9.17, 15) is 0 Å². The molecule has 0 unspecified atom stereocenters. The third kappa shape index (κ3) is 2.82. The van der Waals surface area contributed by atoms with Crippen molar-refractivity contribution in [1.82, 2.24) is 10.3 Å². The molecule has 4 heteroatoms. The van der Waals surface area contributed by atoms with E-state index in [1.807, 2.05) is 6.07 Å². The molecule has 2 aromatic rings. The molecule has 0 radical (unpaired) electrons. The van der Waals surface area contributed by atoms with Crippen molar-refractivity contribution in [3.63, 3.8) is 0 Å². The van der Waals surface area contributed by atoms with Crippen molar-refractivity contribution in [2.45, 2.75) is 13.1 Å². The number of hydrogen-bond acceptors (Lipinski definition) is 4. The first kappa shape index (κ1) is 9.73. The smallest absolute Gasteiger partial charge is 0.133 e. The van der Waals surface area contributed by atoms with E-state index in [4.69, 9.17) is 9.52 Å². The van der Waals surface area contributed by atoms with Crippen LogP contribution in [0.1, 0.15) is 11.3 Å². The molecule has 0 aliphatic heterocycles. The Labute approximate surface area is 87.6 Å². The number of pyridine rings is 1. The average Bonchev–Trinajstić information content (AvgIpc) is 2.74. The van der Waals surface area contributed by atoms with Gasteiger partial charge in [-0.15, -0.1) is 0 Å². The summed E-state index contributed by atoms with van der Waals surface area (Å²) in [6.45, 7) is 1.42. The lowest BCUT2D eigenvalue weighted by molar-refractivity contribution is 0.471. The Bertz CT molecular complexity index is 395. The molecule has 0 amide bonds. The van der Waals surface area contributed by atoms with Gasteiger partial charge in [-0.2, -0.15) is 0 Å². The van der Waals surface area contributed by atoms with Crippen molar-refractivity contribution in [2.75, 3.05) is 0 Å². The standard InChI is InChI=1S/C11H12N2O2/c14-11-2-1-10(13-7-11)6-12-5-9-3-4-15-8-9/h1-4,7-8,12,14H,5-6H2. The van der Waals surface area contributed by atoms with Crippen LogP contribution in [0.2, 0.25) is 0 Å². The second-order valence-corrected chi connectivity index (χ2v) is 3.24. The summed E-state index contributed by atoms with van der Waals surface area (Å²) in [5.41, 5.74) is 2.00. The lowest BCUT2D eigenvalue weighted by Gasteiger charge is -2.02. The molecule has 0 bridgehead atoms. The van der Waals surface area contributed by atoms with Gasteiger partial charge >= 0.3 is 0 Å². The van der Waals surface area contributed by atoms with Crippen LogP contribution in [0, 0.1) is 0 Å². The van der Waals surface area contributed by atoms with Crippen LogP contribution >= 0.6 is 0 Å². The van der Waals surface area contributed by atoms with Crippen molar-refractivity contribution in [3.8, 4) is 5.75 Å². The molecule has 2 aromatic heterocycles. The van der Waals surface area contributed by atoms with Crippen LogP contribution in [-0.2, 0) is 13.1 Å². The van der Waals surface area contributed by atoms with Gasteiger partial charge in [-0.3, -0.25) is 4.98 Å². The maximum Gasteiger partial charge on any atom is 0.133 e. The molecular weight excluding hydrogens is 192 g/mol. The SMILES string of the molecule is Oc1ccc(CNCc2ccoc2)nc1. The minimum absolute atomic E-state index is 0.189. The van der Waals surface area contributed by atoms with Crippen LogP contribution < -0.4 is 5.32 Å². The number of furan rings is 1. The van der Waals surface area contributed by atoms with Gasteiger partial charge in [-0.1, -0.05) is 0 Å². The third-order valence-corrected chi connectivity index (χ3v) is 2.02. The molecule has 4 nitrogen and oxygen atoms in total. The molecule has 0 atom stereocenters. The second kappa shape index (κ2) is 4.61. The molecule has 15 heavy (non-hydrogen) atoms. The Morgan fingerprint density at radius 3 is 2.87 bits per heavy atom. The maximum absolute atomic E-state index is 9.04. The third-order valence-electron chi connectivity index (χ3n) is 2.02. The van der Waals surface area contributed by atoms with E-state index < -0.39 is 0 Å². The summed E-state index contributed by atoms with van der Waals surface area (Å²) in [6, 6.07) is 5.33. The summed E-state index contributed by atoms with van der Waals surface area (Å²) in [6.07, 6.45) is 4.79. The van der Waals surface area contributed by atoms with E-state index in [2.05, 4.69) is 10.3 Å². The van der Waals surface area contributed by atoms with Gasteiger partial charge in [0.2, 0.25) is 0 Å². The van der Waals surface area contributed by atoms with E-state index >= 15 is 0 Å². The van der Waals surface area contributed by atoms with Gasteiger partial charge in [0, 0.05) is 18.7 Å².